The van der Waals surface area contributed by atoms with E-state index < -0.39 is 6.17 Å². The van der Waals surface area contributed by atoms with E-state index in [0.717, 1.165) is 30.8 Å². The highest BCUT2D eigenvalue weighted by molar-refractivity contribution is 5.43. The van der Waals surface area contributed by atoms with E-state index in [1.165, 1.54) is 12.8 Å². The van der Waals surface area contributed by atoms with Crippen LogP contribution in [0.15, 0.2) is 18.2 Å². The number of nitrogens with one attached hydrogen (secondary N) is 1. The molecule has 0 amide bonds. The van der Waals surface area contributed by atoms with Crippen LogP contribution in [0.5, 0.6) is 5.75 Å². The fourth-order valence-corrected chi connectivity index (χ4v) is 2.72. The molecule has 18 heavy (non-hydrogen) atoms. The number of hydrogen-bond acceptors (Lipinski definition) is 2. The Hall–Kier alpha value is -1.09. The fourth-order valence-electron chi connectivity index (χ4n) is 2.72. The van der Waals surface area contributed by atoms with Gasteiger partial charge < -0.3 is 10.1 Å². The second-order valence-electron chi connectivity index (χ2n) is 5.05. The van der Waals surface area contributed by atoms with Crippen molar-refractivity contribution in [1.82, 2.24) is 5.32 Å². The molecule has 1 fully saturated rings. The highest BCUT2D eigenvalue weighted by Gasteiger charge is 2.18. The van der Waals surface area contributed by atoms with E-state index in [-0.39, 0.29) is 0 Å². The van der Waals surface area contributed by atoms with Crippen molar-refractivity contribution in [3.8, 4) is 5.75 Å². The van der Waals surface area contributed by atoms with E-state index in [0.29, 0.717) is 11.5 Å². The molecule has 1 aromatic rings. The molecular formula is C15H22FNO. The van der Waals surface area contributed by atoms with Gasteiger partial charge in [-0.25, -0.2) is 4.39 Å². The number of rotatable bonds is 4. The van der Waals surface area contributed by atoms with Crippen LogP contribution in [-0.4, -0.2) is 20.2 Å². The number of methoxy groups -OCH3 is 1. The standard InChI is InChI=1S/C15H22FNO/c1-11(16)14-5-3-4-13(15(14)18-2)10-12-6-8-17-9-7-12/h3-5,11-12,17H,6-10H2,1-2H3. The van der Waals surface area contributed by atoms with E-state index in [1.54, 1.807) is 14.0 Å². The number of alkyl halides is 1. The van der Waals surface area contributed by atoms with Crippen molar-refractivity contribution in [2.75, 3.05) is 20.2 Å². The number of ether oxygens (including phenoxy) is 1. The van der Waals surface area contributed by atoms with Gasteiger partial charge in [-0.2, -0.15) is 0 Å². The molecule has 2 nitrogen and oxygen atoms in total. The number of halogens is 1. The van der Waals surface area contributed by atoms with Crippen molar-refractivity contribution in [2.24, 2.45) is 5.92 Å². The van der Waals surface area contributed by atoms with E-state index in [2.05, 4.69) is 11.4 Å². The molecule has 0 bridgehead atoms. The topological polar surface area (TPSA) is 21.3 Å². The molecule has 0 radical (unpaired) electrons. The Kier molecular flexibility index (Phi) is 4.59. The zero-order chi connectivity index (χ0) is 13.0. The Balaban J connectivity index is 2.18. The summed E-state index contributed by atoms with van der Waals surface area (Å²) in [6.07, 6.45) is 2.40. The average molecular weight is 251 g/mol. The van der Waals surface area contributed by atoms with Gasteiger partial charge in [0.2, 0.25) is 0 Å². The third-order valence-corrected chi connectivity index (χ3v) is 3.73. The van der Waals surface area contributed by atoms with Crippen molar-refractivity contribution in [3.05, 3.63) is 29.3 Å². The first-order valence-electron chi connectivity index (χ1n) is 6.73. The van der Waals surface area contributed by atoms with Crippen LogP contribution in [-0.2, 0) is 6.42 Å². The van der Waals surface area contributed by atoms with Gasteiger partial charge in [0.15, 0.2) is 0 Å². The molecule has 1 saturated heterocycles. The van der Waals surface area contributed by atoms with Gasteiger partial charge in [0, 0.05) is 5.56 Å². The van der Waals surface area contributed by atoms with Crippen LogP contribution in [0.25, 0.3) is 0 Å². The van der Waals surface area contributed by atoms with Crippen molar-refractivity contribution in [3.63, 3.8) is 0 Å². The van der Waals surface area contributed by atoms with Gasteiger partial charge in [-0.3, -0.25) is 0 Å². The summed E-state index contributed by atoms with van der Waals surface area (Å²) in [5, 5.41) is 3.37. The van der Waals surface area contributed by atoms with Gasteiger partial charge in [0.05, 0.1) is 7.11 Å². The molecule has 1 N–H and O–H groups in total. The lowest BCUT2D eigenvalue weighted by Gasteiger charge is -2.24. The van der Waals surface area contributed by atoms with Gasteiger partial charge in [-0.15, -0.1) is 0 Å². The van der Waals surface area contributed by atoms with Gasteiger partial charge in [0.25, 0.3) is 0 Å². The third kappa shape index (κ3) is 3.02. The maximum Gasteiger partial charge on any atom is 0.128 e. The van der Waals surface area contributed by atoms with Crippen molar-refractivity contribution >= 4 is 0 Å². The number of piperidine rings is 1. The minimum Gasteiger partial charge on any atom is -0.496 e. The van der Waals surface area contributed by atoms with Crippen LogP contribution in [0.2, 0.25) is 0 Å². The van der Waals surface area contributed by atoms with Crippen LogP contribution >= 0.6 is 0 Å². The van der Waals surface area contributed by atoms with E-state index in [9.17, 15) is 4.39 Å². The molecule has 3 heteroatoms. The van der Waals surface area contributed by atoms with Crippen molar-refractivity contribution < 1.29 is 9.13 Å². The molecule has 2 rings (SSSR count). The molecule has 0 aromatic heterocycles. The van der Waals surface area contributed by atoms with Crippen LogP contribution in [0, 0.1) is 5.92 Å². The summed E-state index contributed by atoms with van der Waals surface area (Å²) in [6, 6.07) is 5.81. The summed E-state index contributed by atoms with van der Waals surface area (Å²) < 4.78 is 19.0. The van der Waals surface area contributed by atoms with E-state index in [4.69, 9.17) is 4.74 Å². The third-order valence-electron chi connectivity index (χ3n) is 3.73. The largest absolute Gasteiger partial charge is 0.496 e. The molecule has 1 aromatic carbocycles. The van der Waals surface area contributed by atoms with Gasteiger partial charge in [-0.05, 0) is 50.8 Å². The van der Waals surface area contributed by atoms with Crippen LogP contribution in [0.1, 0.15) is 37.1 Å². The van der Waals surface area contributed by atoms with E-state index in [1.807, 2.05) is 12.1 Å². The summed E-state index contributed by atoms with van der Waals surface area (Å²) >= 11 is 0. The lowest BCUT2D eigenvalue weighted by atomic mass is 9.89. The lowest BCUT2D eigenvalue weighted by Crippen LogP contribution is -2.28. The lowest BCUT2D eigenvalue weighted by molar-refractivity contribution is 0.336. The predicted molar refractivity (Wildman–Crippen MR) is 71.8 cm³/mol. The fraction of sp³-hybridized carbons (Fsp3) is 0.600. The second kappa shape index (κ2) is 6.19. The molecular weight excluding hydrogens is 229 g/mol. The second-order valence-corrected chi connectivity index (χ2v) is 5.05. The molecule has 1 heterocycles. The molecule has 0 spiro atoms. The van der Waals surface area contributed by atoms with Gasteiger partial charge in [0.1, 0.15) is 11.9 Å². The summed E-state index contributed by atoms with van der Waals surface area (Å²) in [5.41, 5.74) is 1.82. The predicted octanol–water partition coefficient (Wildman–Crippen LogP) is 3.27. The molecule has 1 atom stereocenters. The summed E-state index contributed by atoms with van der Waals surface area (Å²) in [5.74, 6) is 1.43. The Morgan fingerprint density at radius 2 is 2.11 bits per heavy atom. The average Bonchev–Trinajstić information content (AvgIpc) is 2.39. The molecule has 0 saturated carbocycles. The van der Waals surface area contributed by atoms with Gasteiger partial charge >= 0.3 is 0 Å². The Morgan fingerprint density at radius 1 is 1.39 bits per heavy atom. The zero-order valence-electron chi connectivity index (χ0n) is 11.2. The first-order chi connectivity index (χ1) is 8.72. The van der Waals surface area contributed by atoms with Crippen molar-refractivity contribution in [1.29, 1.82) is 0 Å². The van der Waals surface area contributed by atoms with Crippen LogP contribution in [0.4, 0.5) is 4.39 Å². The normalized spacial score (nSPS) is 18.6. The summed E-state index contributed by atoms with van der Waals surface area (Å²) in [4.78, 5) is 0. The Bertz CT molecular complexity index is 386. The molecule has 1 aliphatic heterocycles. The molecule has 0 aliphatic carbocycles. The number of hydrogen-bond donors (Lipinski definition) is 1. The monoisotopic (exact) mass is 251 g/mol. The number of benzene rings is 1. The molecule has 1 aliphatic rings. The number of para-hydroxylation sites is 1. The quantitative estimate of drug-likeness (QED) is 0.886. The van der Waals surface area contributed by atoms with Crippen molar-refractivity contribution in [2.45, 2.75) is 32.4 Å². The first-order valence-corrected chi connectivity index (χ1v) is 6.73. The maximum absolute atomic E-state index is 13.5. The SMILES string of the molecule is COc1c(CC2CCNCC2)cccc1C(C)F. The van der Waals surface area contributed by atoms with E-state index >= 15 is 0 Å². The summed E-state index contributed by atoms with van der Waals surface area (Å²) in [6.45, 7) is 3.74. The van der Waals surface area contributed by atoms with Gasteiger partial charge in [-0.1, -0.05) is 18.2 Å². The Labute approximate surface area is 109 Å². The molecule has 100 valence electrons. The van der Waals surface area contributed by atoms with Crippen LogP contribution in [0.3, 0.4) is 0 Å². The first kappa shape index (κ1) is 13.3. The Morgan fingerprint density at radius 3 is 2.72 bits per heavy atom. The smallest absolute Gasteiger partial charge is 0.128 e. The minimum absolute atomic E-state index is 0.670. The summed E-state index contributed by atoms with van der Waals surface area (Å²) in [7, 11) is 1.63. The highest BCUT2D eigenvalue weighted by Crippen LogP contribution is 2.33. The molecule has 1 unspecified atom stereocenters. The van der Waals surface area contributed by atoms with Crippen LogP contribution < -0.4 is 10.1 Å². The zero-order valence-corrected chi connectivity index (χ0v) is 11.2. The highest BCUT2D eigenvalue weighted by atomic mass is 19.1. The maximum atomic E-state index is 13.5. The minimum atomic E-state index is -0.979.